The lowest BCUT2D eigenvalue weighted by Crippen LogP contribution is -2.15. The number of carbonyl (C=O) groups excluding carboxylic acids is 1. The molecular weight excluding hydrogens is 293 g/mol. The molecule has 0 fully saturated rings. The average Bonchev–Trinajstić information content (AvgIpc) is 2.85. The van der Waals surface area contributed by atoms with Crippen LogP contribution in [-0.2, 0) is 6.42 Å². The zero-order valence-electron chi connectivity index (χ0n) is 11.6. The fourth-order valence-corrected chi connectivity index (χ4v) is 2.84. The van der Waals surface area contributed by atoms with Crippen molar-refractivity contribution >= 4 is 28.2 Å². The SMILES string of the molecule is CCc1cc(C(=O)O)c(NC(=O)c2cccc(C)c2F)s1. The number of carbonyl (C=O) groups is 2. The van der Waals surface area contributed by atoms with Gasteiger partial charge in [0, 0.05) is 4.88 Å². The van der Waals surface area contributed by atoms with Crippen molar-refractivity contribution < 1.29 is 19.1 Å². The second-order valence-corrected chi connectivity index (χ2v) is 5.64. The van der Waals surface area contributed by atoms with Gasteiger partial charge < -0.3 is 10.4 Å². The number of nitrogens with one attached hydrogen (secondary N) is 1. The van der Waals surface area contributed by atoms with E-state index in [0.29, 0.717) is 12.0 Å². The fraction of sp³-hybridized carbons (Fsp3) is 0.200. The van der Waals surface area contributed by atoms with Crippen molar-refractivity contribution in [3.63, 3.8) is 0 Å². The van der Waals surface area contributed by atoms with Gasteiger partial charge in [0.1, 0.15) is 10.8 Å². The zero-order chi connectivity index (χ0) is 15.6. The summed E-state index contributed by atoms with van der Waals surface area (Å²) in [5.41, 5.74) is 0.289. The van der Waals surface area contributed by atoms with E-state index in [1.165, 1.54) is 23.5 Å². The van der Waals surface area contributed by atoms with Crippen molar-refractivity contribution in [1.82, 2.24) is 0 Å². The lowest BCUT2D eigenvalue weighted by Gasteiger charge is -2.06. The molecule has 0 atom stereocenters. The van der Waals surface area contributed by atoms with Crippen molar-refractivity contribution in [3.05, 3.63) is 51.7 Å². The predicted octanol–water partition coefficient (Wildman–Crippen LogP) is 3.71. The molecule has 6 heteroatoms. The van der Waals surface area contributed by atoms with Gasteiger partial charge in [0.15, 0.2) is 0 Å². The Morgan fingerprint density at radius 3 is 2.67 bits per heavy atom. The first kappa shape index (κ1) is 15.2. The third kappa shape index (κ3) is 3.11. The molecule has 21 heavy (non-hydrogen) atoms. The number of carboxylic acid groups (broad SMARTS) is 1. The molecule has 2 rings (SSSR count). The van der Waals surface area contributed by atoms with Gasteiger partial charge in [-0.05, 0) is 31.0 Å². The summed E-state index contributed by atoms with van der Waals surface area (Å²) in [6.07, 6.45) is 0.666. The minimum Gasteiger partial charge on any atom is -0.478 e. The number of carboxylic acids is 1. The highest BCUT2D eigenvalue weighted by molar-refractivity contribution is 7.16. The van der Waals surface area contributed by atoms with Gasteiger partial charge in [0.25, 0.3) is 5.91 Å². The molecule has 0 bridgehead atoms. The number of hydrogen-bond acceptors (Lipinski definition) is 3. The average molecular weight is 307 g/mol. The first-order chi connectivity index (χ1) is 9.93. The normalized spacial score (nSPS) is 10.4. The van der Waals surface area contributed by atoms with Crippen molar-refractivity contribution in [2.45, 2.75) is 20.3 Å². The molecule has 1 aromatic carbocycles. The lowest BCUT2D eigenvalue weighted by molar-refractivity contribution is 0.0698. The summed E-state index contributed by atoms with van der Waals surface area (Å²) in [5.74, 6) is -2.37. The molecule has 0 saturated carbocycles. The molecule has 1 aromatic heterocycles. The molecule has 0 unspecified atom stereocenters. The standard InChI is InChI=1S/C15H14FNO3S/c1-3-9-7-11(15(19)20)14(21-9)17-13(18)10-6-4-5-8(2)12(10)16/h4-7H,3H2,1-2H3,(H,17,18)(H,19,20). The van der Waals surface area contributed by atoms with Crippen LogP contribution in [0.2, 0.25) is 0 Å². The van der Waals surface area contributed by atoms with Gasteiger partial charge in [0.2, 0.25) is 0 Å². The van der Waals surface area contributed by atoms with E-state index in [1.54, 1.807) is 19.1 Å². The molecule has 4 nitrogen and oxygen atoms in total. The van der Waals surface area contributed by atoms with Gasteiger partial charge in [0.05, 0.1) is 11.1 Å². The Morgan fingerprint density at radius 1 is 1.33 bits per heavy atom. The van der Waals surface area contributed by atoms with Crippen LogP contribution in [0.1, 0.15) is 38.1 Å². The Morgan fingerprint density at radius 2 is 2.05 bits per heavy atom. The number of aryl methyl sites for hydroxylation is 2. The van der Waals surface area contributed by atoms with Gasteiger partial charge in [-0.15, -0.1) is 11.3 Å². The van der Waals surface area contributed by atoms with Gasteiger partial charge in [-0.3, -0.25) is 4.79 Å². The number of anilines is 1. The van der Waals surface area contributed by atoms with Crippen molar-refractivity contribution in [1.29, 1.82) is 0 Å². The van der Waals surface area contributed by atoms with E-state index in [2.05, 4.69) is 5.32 Å². The molecule has 110 valence electrons. The number of rotatable bonds is 4. The van der Waals surface area contributed by atoms with Gasteiger partial charge in [-0.2, -0.15) is 0 Å². The number of amides is 1. The molecule has 1 amide bonds. The van der Waals surface area contributed by atoms with Crippen LogP contribution < -0.4 is 5.32 Å². The monoisotopic (exact) mass is 307 g/mol. The van der Waals surface area contributed by atoms with Crippen LogP contribution in [0.3, 0.4) is 0 Å². The summed E-state index contributed by atoms with van der Waals surface area (Å²) in [7, 11) is 0. The molecule has 0 aliphatic heterocycles. The number of hydrogen-bond donors (Lipinski definition) is 2. The molecule has 0 aliphatic rings. The minimum atomic E-state index is -1.12. The number of thiophene rings is 1. The molecule has 0 spiro atoms. The molecule has 1 heterocycles. The topological polar surface area (TPSA) is 66.4 Å². The summed E-state index contributed by atoms with van der Waals surface area (Å²) < 4.78 is 13.9. The zero-order valence-corrected chi connectivity index (χ0v) is 12.4. The van der Waals surface area contributed by atoms with Crippen LogP contribution in [0.15, 0.2) is 24.3 Å². The molecule has 2 N–H and O–H groups in total. The minimum absolute atomic E-state index is 0.0262. The number of benzene rings is 1. The highest BCUT2D eigenvalue weighted by Gasteiger charge is 2.19. The van der Waals surface area contributed by atoms with Gasteiger partial charge >= 0.3 is 5.97 Å². The van der Waals surface area contributed by atoms with E-state index in [0.717, 1.165) is 4.88 Å². The predicted molar refractivity (Wildman–Crippen MR) is 79.7 cm³/mol. The van der Waals surface area contributed by atoms with Crippen LogP contribution in [0, 0.1) is 12.7 Å². The summed E-state index contributed by atoms with van der Waals surface area (Å²) in [5, 5.41) is 11.9. The first-order valence-corrected chi connectivity index (χ1v) is 7.18. The van der Waals surface area contributed by atoms with E-state index in [9.17, 15) is 14.0 Å². The van der Waals surface area contributed by atoms with Crippen molar-refractivity contribution in [3.8, 4) is 0 Å². The molecule has 2 aromatic rings. The van der Waals surface area contributed by atoms with E-state index in [4.69, 9.17) is 5.11 Å². The van der Waals surface area contributed by atoms with Crippen LogP contribution in [0.25, 0.3) is 0 Å². The maximum atomic E-state index is 13.9. The highest BCUT2D eigenvalue weighted by Crippen LogP contribution is 2.29. The largest absolute Gasteiger partial charge is 0.478 e. The Kier molecular flexibility index (Phi) is 4.37. The molecule has 0 aliphatic carbocycles. The van der Waals surface area contributed by atoms with Crippen LogP contribution in [0.5, 0.6) is 0 Å². The maximum absolute atomic E-state index is 13.9. The van der Waals surface area contributed by atoms with E-state index in [-0.39, 0.29) is 16.1 Å². The Labute approximate surface area is 125 Å². The van der Waals surface area contributed by atoms with Crippen LogP contribution >= 0.6 is 11.3 Å². The highest BCUT2D eigenvalue weighted by atomic mass is 32.1. The van der Waals surface area contributed by atoms with Gasteiger partial charge in [-0.25, -0.2) is 9.18 Å². The summed E-state index contributed by atoms with van der Waals surface area (Å²) in [4.78, 5) is 24.1. The Bertz CT molecular complexity index is 709. The summed E-state index contributed by atoms with van der Waals surface area (Å²) >= 11 is 1.19. The quantitative estimate of drug-likeness (QED) is 0.905. The lowest BCUT2D eigenvalue weighted by atomic mass is 10.1. The van der Waals surface area contributed by atoms with Crippen LogP contribution in [0.4, 0.5) is 9.39 Å². The Hall–Kier alpha value is -2.21. The second-order valence-electron chi connectivity index (χ2n) is 4.50. The second kappa shape index (κ2) is 6.05. The first-order valence-electron chi connectivity index (χ1n) is 6.36. The van der Waals surface area contributed by atoms with E-state index < -0.39 is 17.7 Å². The molecular formula is C15H14FNO3S. The van der Waals surface area contributed by atoms with Crippen molar-refractivity contribution in [2.75, 3.05) is 5.32 Å². The number of halogens is 1. The van der Waals surface area contributed by atoms with E-state index >= 15 is 0 Å². The summed E-state index contributed by atoms with van der Waals surface area (Å²) in [6.45, 7) is 3.46. The third-order valence-corrected chi connectivity index (χ3v) is 4.22. The number of aromatic carboxylic acids is 1. The maximum Gasteiger partial charge on any atom is 0.338 e. The summed E-state index contributed by atoms with van der Waals surface area (Å²) in [6, 6.07) is 6.04. The van der Waals surface area contributed by atoms with Gasteiger partial charge in [-0.1, -0.05) is 19.1 Å². The molecule has 0 radical (unpaired) electrons. The van der Waals surface area contributed by atoms with E-state index in [1.807, 2.05) is 6.92 Å². The third-order valence-electron chi connectivity index (χ3n) is 3.03. The molecule has 0 saturated heterocycles. The fourth-order valence-electron chi connectivity index (χ4n) is 1.86. The Balaban J connectivity index is 2.33. The van der Waals surface area contributed by atoms with Crippen molar-refractivity contribution in [2.24, 2.45) is 0 Å². The smallest absolute Gasteiger partial charge is 0.338 e. The van der Waals surface area contributed by atoms with Crippen LogP contribution in [-0.4, -0.2) is 17.0 Å².